The summed E-state index contributed by atoms with van der Waals surface area (Å²) in [6, 6.07) is 5.99. The highest BCUT2D eigenvalue weighted by molar-refractivity contribution is 6.58. The Bertz CT molecular complexity index is 526. The molecule has 1 aromatic rings. The van der Waals surface area contributed by atoms with Crippen molar-refractivity contribution in [3.63, 3.8) is 0 Å². The van der Waals surface area contributed by atoms with Crippen LogP contribution in [0, 0.1) is 0 Å². The number of ether oxygens (including phenoxy) is 1. The van der Waals surface area contributed by atoms with Gasteiger partial charge in [-0.05, 0) is 44.8 Å². The van der Waals surface area contributed by atoms with Crippen LogP contribution in [-0.2, 0) is 4.74 Å². The third-order valence-corrected chi connectivity index (χ3v) is 2.78. The van der Waals surface area contributed by atoms with Gasteiger partial charge in [-0.25, -0.2) is 4.79 Å². The first kappa shape index (κ1) is 19.0. The third-order valence-electron chi connectivity index (χ3n) is 2.78. The topological polar surface area (TPSA) is 108 Å². The Hall–Kier alpha value is -2.06. The first-order valence-electron chi connectivity index (χ1n) is 7.40. The summed E-state index contributed by atoms with van der Waals surface area (Å²) in [5.41, 5.74) is 0.213. The third kappa shape index (κ3) is 7.67. The van der Waals surface area contributed by atoms with E-state index >= 15 is 0 Å². The lowest BCUT2D eigenvalue weighted by atomic mass is 9.80. The second-order valence-corrected chi connectivity index (χ2v) is 6.03. The van der Waals surface area contributed by atoms with Crippen molar-refractivity contribution in [3.05, 3.63) is 29.8 Å². The van der Waals surface area contributed by atoms with Gasteiger partial charge in [0.05, 0.1) is 0 Å². The molecule has 0 fully saturated rings. The molecule has 0 bridgehead atoms. The fourth-order valence-electron chi connectivity index (χ4n) is 1.70. The molecule has 1 aromatic carbocycles. The number of hydrogen-bond acceptors (Lipinski definition) is 5. The van der Waals surface area contributed by atoms with Gasteiger partial charge in [-0.2, -0.15) is 0 Å². The van der Waals surface area contributed by atoms with Crippen molar-refractivity contribution in [2.75, 3.05) is 13.1 Å². The molecule has 0 radical (unpaired) electrons. The molecule has 8 heteroatoms. The van der Waals surface area contributed by atoms with E-state index in [1.54, 1.807) is 20.8 Å². The number of nitrogens with one attached hydrogen (secondary N) is 2. The van der Waals surface area contributed by atoms with Crippen LogP contribution in [0.1, 0.15) is 37.6 Å². The maximum absolute atomic E-state index is 11.9. The molecule has 0 heterocycles. The first-order valence-corrected chi connectivity index (χ1v) is 7.40. The van der Waals surface area contributed by atoms with Gasteiger partial charge in [0.25, 0.3) is 5.91 Å². The Morgan fingerprint density at radius 3 is 2.17 bits per heavy atom. The average molecular weight is 322 g/mol. The molecular weight excluding hydrogens is 299 g/mol. The summed E-state index contributed by atoms with van der Waals surface area (Å²) in [6.07, 6.45) is 0.0836. The maximum atomic E-state index is 11.9. The largest absolute Gasteiger partial charge is 0.488 e. The molecule has 0 aliphatic carbocycles. The van der Waals surface area contributed by atoms with Gasteiger partial charge >= 0.3 is 13.2 Å². The predicted molar refractivity (Wildman–Crippen MR) is 87.5 cm³/mol. The lowest BCUT2D eigenvalue weighted by Crippen LogP contribution is -2.34. The van der Waals surface area contributed by atoms with Crippen molar-refractivity contribution < 1.29 is 24.4 Å². The van der Waals surface area contributed by atoms with Crippen LogP contribution in [0.15, 0.2) is 24.3 Å². The van der Waals surface area contributed by atoms with E-state index in [1.165, 1.54) is 24.3 Å². The van der Waals surface area contributed by atoms with Gasteiger partial charge in [0, 0.05) is 18.7 Å². The number of amides is 2. The Balaban J connectivity index is 2.25. The Morgan fingerprint density at radius 2 is 1.65 bits per heavy atom. The van der Waals surface area contributed by atoms with Crippen LogP contribution < -0.4 is 16.1 Å². The summed E-state index contributed by atoms with van der Waals surface area (Å²) in [5.74, 6) is -0.263. The zero-order valence-electron chi connectivity index (χ0n) is 13.6. The fourth-order valence-corrected chi connectivity index (χ4v) is 1.70. The van der Waals surface area contributed by atoms with Gasteiger partial charge < -0.3 is 25.4 Å². The number of rotatable bonds is 6. The van der Waals surface area contributed by atoms with E-state index in [-0.39, 0.29) is 5.91 Å². The minimum absolute atomic E-state index is 0.263. The lowest BCUT2D eigenvalue weighted by Gasteiger charge is -2.19. The molecule has 23 heavy (non-hydrogen) atoms. The quantitative estimate of drug-likeness (QED) is 0.436. The number of hydrogen-bond donors (Lipinski definition) is 4. The second-order valence-electron chi connectivity index (χ2n) is 6.03. The number of alkyl carbamates (subject to hydrolysis) is 1. The molecule has 0 spiro atoms. The van der Waals surface area contributed by atoms with Crippen LogP contribution in [0.25, 0.3) is 0 Å². The molecule has 0 saturated carbocycles. The molecule has 0 aliphatic rings. The van der Waals surface area contributed by atoms with Crippen molar-refractivity contribution >= 4 is 24.6 Å². The average Bonchev–Trinajstić information content (AvgIpc) is 2.45. The van der Waals surface area contributed by atoms with E-state index in [2.05, 4.69) is 10.6 Å². The molecule has 126 valence electrons. The molecule has 4 N–H and O–H groups in total. The van der Waals surface area contributed by atoms with Crippen molar-refractivity contribution in [2.24, 2.45) is 0 Å². The molecule has 0 saturated heterocycles. The monoisotopic (exact) mass is 322 g/mol. The zero-order valence-corrected chi connectivity index (χ0v) is 13.6. The maximum Gasteiger partial charge on any atom is 0.488 e. The molecular formula is C15H23BN2O5. The molecule has 7 nitrogen and oxygen atoms in total. The zero-order chi connectivity index (χ0) is 17.5. The Kier molecular flexibility index (Phi) is 7.06. The second kappa shape index (κ2) is 8.54. The van der Waals surface area contributed by atoms with E-state index in [9.17, 15) is 9.59 Å². The van der Waals surface area contributed by atoms with Crippen molar-refractivity contribution in [1.82, 2.24) is 10.6 Å². The minimum Gasteiger partial charge on any atom is -0.444 e. The smallest absolute Gasteiger partial charge is 0.444 e. The standard InChI is InChI=1S/C15H23BN2O5/c1-15(2,3)23-14(20)18-10-4-9-17-13(19)11-5-7-12(8-6-11)16(21)22/h5-8,21-22H,4,9-10H2,1-3H3,(H,17,19)(H,18,20). The van der Waals surface area contributed by atoms with Crippen molar-refractivity contribution in [3.8, 4) is 0 Å². The summed E-state index contributed by atoms with van der Waals surface area (Å²) in [7, 11) is -1.55. The van der Waals surface area contributed by atoms with Gasteiger partial charge in [-0.3, -0.25) is 4.79 Å². The summed E-state index contributed by atoms with van der Waals surface area (Å²) in [4.78, 5) is 23.3. The highest BCUT2D eigenvalue weighted by Crippen LogP contribution is 2.06. The number of carbonyl (C=O) groups excluding carboxylic acids is 2. The van der Waals surface area contributed by atoms with E-state index in [4.69, 9.17) is 14.8 Å². The summed E-state index contributed by atoms with van der Waals surface area (Å²) >= 11 is 0. The van der Waals surface area contributed by atoms with Crippen molar-refractivity contribution in [2.45, 2.75) is 32.8 Å². The number of carbonyl (C=O) groups is 2. The molecule has 0 aromatic heterocycles. The van der Waals surface area contributed by atoms with Gasteiger partial charge in [-0.15, -0.1) is 0 Å². The summed E-state index contributed by atoms with van der Waals surface area (Å²) in [6.45, 7) is 6.15. The molecule has 0 atom stereocenters. The first-order chi connectivity index (χ1) is 10.7. The normalized spacial score (nSPS) is 10.8. The van der Waals surface area contributed by atoms with Gasteiger partial charge in [-0.1, -0.05) is 12.1 Å². The van der Waals surface area contributed by atoms with E-state index in [0.29, 0.717) is 30.5 Å². The van der Waals surface area contributed by atoms with Gasteiger partial charge in [0.1, 0.15) is 5.60 Å². The Labute approximate surface area is 136 Å². The van der Waals surface area contributed by atoms with Crippen LogP contribution >= 0.6 is 0 Å². The lowest BCUT2D eigenvalue weighted by molar-refractivity contribution is 0.0527. The number of benzene rings is 1. The SMILES string of the molecule is CC(C)(C)OC(=O)NCCCNC(=O)c1ccc(B(O)O)cc1. The van der Waals surface area contributed by atoms with E-state index in [0.717, 1.165) is 0 Å². The van der Waals surface area contributed by atoms with E-state index in [1.807, 2.05) is 0 Å². The minimum atomic E-state index is -1.55. The predicted octanol–water partition coefficient (Wildman–Crippen LogP) is 0.0110. The van der Waals surface area contributed by atoms with Crippen LogP contribution in [0.5, 0.6) is 0 Å². The molecule has 0 aliphatic heterocycles. The fraction of sp³-hybridized carbons (Fsp3) is 0.467. The highest BCUT2D eigenvalue weighted by atomic mass is 16.6. The Morgan fingerprint density at radius 1 is 1.09 bits per heavy atom. The summed E-state index contributed by atoms with van der Waals surface area (Å²) in [5, 5.41) is 23.3. The van der Waals surface area contributed by atoms with Crippen LogP contribution in [0.3, 0.4) is 0 Å². The molecule has 1 rings (SSSR count). The van der Waals surface area contributed by atoms with E-state index < -0.39 is 18.8 Å². The molecule has 2 amide bonds. The van der Waals surface area contributed by atoms with Gasteiger partial charge in [0.2, 0.25) is 0 Å². The van der Waals surface area contributed by atoms with Crippen molar-refractivity contribution in [1.29, 1.82) is 0 Å². The van der Waals surface area contributed by atoms with Crippen LogP contribution in [0.4, 0.5) is 4.79 Å². The highest BCUT2D eigenvalue weighted by Gasteiger charge is 2.15. The summed E-state index contributed by atoms with van der Waals surface area (Å²) < 4.78 is 5.09. The molecule has 0 unspecified atom stereocenters. The van der Waals surface area contributed by atoms with Crippen LogP contribution in [-0.4, -0.2) is 47.9 Å². The van der Waals surface area contributed by atoms with Crippen LogP contribution in [0.2, 0.25) is 0 Å². The van der Waals surface area contributed by atoms with Gasteiger partial charge in [0.15, 0.2) is 0 Å².